The Balaban J connectivity index is 1.57. The van der Waals surface area contributed by atoms with Crippen molar-refractivity contribution in [3.63, 3.8) is 0 Å². The highest BCUT2D eigenvalue weighted by molar-refractivity contribution is 5.30. The van der Waals surface area contributed by atoms with Crippen molar-refractivity contribution in [3.8, 4) is 0 Å². The van der Waals surface area contributed by atoms with E-state index in [1.165, 1.54) is 6.07 Å². The van der Waals surface area contributed by atoms with Gasteiger partial charge in [0, 0.05) is 17.3 Å². The van der Waals surface area contributed by atoms with Gasteiger partial charge in [0.05, 0.1) is 25.2 Å². The number of hydrogen-bond donors (Lipinski definition) is 3. The average molecular weight is 345 g/mol. The summed E-state index contributed by atoms with van der Waals surface area (Å²) in [5, 5.41) is 10.8. The maximum Gasteiger partial charge on any atom is 0.347 e. The molecular formula is C17H19N3O5. The highest BCUT2D eigenvalue weighted by Crippen LogP contribution is 2.36. The Labute approximate surface area is 143 Å². The van der Waals surface area contributed by atoms with Gasteiger partial charge >= 0.3 is 5.69 Å². The molecule has 0 unspecified atom stereocenters. The summed E-state index contributed by atoms with van der Waals surface area (Å²) in [7, 11) is 0. The van der Waals surface area contributed by atoms with E-state index in [0.29, 0.717) is 12.3 Å². The Hall–Kier alpha value is -2.26. The fraction of sp³-hybridized carbons (Fsp3) is 0.412. The lowest BCUT2D eigenvalue weighted by atomic mass is 9.89. The molecule has 8 nitrogen and oxygen atoms in total. The maximum atomic E-state index is 11.6. The molecule has 0 spiro atoms. The molecule has 3 heterocycles. The fourth-order valence-electron chi connectivity index (χ4n) is 3.30. The van der Waals surface area contributed by atoms with Crippen LogP contribution in [-0.4, -0.2) is 46.6 Å². The van der Waals surface area contributed by atoms with Crippen LogP contribution in [0.25, 0.3) is 0 Å². The van der Waals surface area contributed by atoms with Crippen molar-refractivity contribution in [2.45, 2.75) is 30.5 Å². The SMILES string of the molecule is Nc1cc([C@H]2CO[C@H]3CO[C@H](c4ccccc4)O[C@@H]3[C@@H]2O)[nH]c(=O)n1. The van der Waals surface area contributed by atoms with Crippen LogP contribution < -0.4 is 11.4 Å². The molecule has 4 rings (SSSR count). The van der Waals surface area contributed by atoms with E-state index in [4.69, 9.17) is 19.9 Å². The highest BCUT2D eigenvalue weighted by Gasteiger charge is 2.45. The van der Waals surface area contributed by atoms with Crippen molar-refractivity contribution in [1.82, 2.24) is 9.97 Å². The Morgan fingerprint density at radius 1 is 1.20 bits per heavy atom. The van der Waals surface area contributed by atoms with Crippen LogP contribution in [0, 0.1) is 0 Å². The first-order valence-corrected chi connectivity index (χ1v) is 8.10. The average Bonchev–Trinajstić information content (AvgIpc) is 2.62. The summed E-state index contributed by atoms with van der Waals surface area (Å²) in [5.74, 6) is -0.364. The third kappa shape index (κ3) is 3.16. The largest absolute Gasteiger partial charge is 0.390 e. The number of ether oxygens (including phenoxy) is 3. The summed E-state index contributed by atoms with van der Waals surface area (Å²) in [5.41, 5.74) is 6.43. The van der Waals surface area contributed by atoms with Crippen LogP contribution in [0.1, 0.15) is 23.5 Å². The van der Waals surface area contributed by atoms with Crippen molar-refractivity contribution in [3.05, 3.63) is 58.1 Å². The molecule has 0 amide bonds. The van der Waals surface area contributed by atoms with Crippen molar-refractivity contribution >= 4 is 5.82 Å². The molecule has 25 heavy (non-hydrogen) atoms. The fourth-order valence-corrected chi connectivity index (χ4v) is 3.30. The number of H-pyrrole nitrogens is 1. The predicted octanol–water partition coefficient (Wildman–Crippen LogP) is 0.310. The minimum absolute atomic E-state index is 0.100. The third-order valence-corrected chi connectivity index (χ3v) is 4.55. The zero-order valence-corrected chi connectivity index (χ0v) is 13.4. The molecule has 4 N–H and O–H groups in total. The normalized spacial score (nSPS) is 32.1. The van der Waals surface area contributed by atoms with Crippen LogP contribution >= 0.6 is 0 Å². The van der Waals surface area contributed by atoms with E-state index in [1.54, 1.807) is 0 Å². The van der Waals surface area contributed by atoms with Crippen LogP contribution in [0.4, 0.5) is 5.82 Å². The van der Waals surface area contributed by atoms with E-state index in [9.17, 15) is 9.90 Å². The van der Waals surface area contributed by atoms with Crippen molar-refractivity contribution in [2.24, 2.45) is 0 Å². The molecule has 1 aromatic carbocycles. The molecule has 1 aromatic heterocycles. The van der Waals surface area contributed by atoms with Gasteiger partial charge in [-0.15, -0.1) is 0 Å². The van der Waals surface area contributed by atoms with Gasteiger partial charge in [-0.3, -0.25) is 0 Å². The number of aromatic nitrogens is 2. The van der Waals surface area contributed by atoms with Crippen LogP contribution in [0.15, 0.2) is 41.2 Å². The summed E-state index contributed by atoms with van der Waals surface area (Å²) in [4.78, 5) is 17.8. The summed E-state index contributed by atoms with van der Waals surface area (Å²) >= 11 is 0. The minimum atomic E-state index is -0.869. The third-order valence-electron chi connectivity index (χ3n) is 4.55. The molecule has 0 saturated carbocycles. The number of hydrogen-bond acceptors (Lipinski definition) is 7. The molecule has 5 atom stereocenters. The Morgan fingerprint density at radius 2 is 2.00 bits per heavy atom. The van der Waals surface area contributed by atoms with Crippen molar-refractivity contribution in [2.75, 3.05) is 18.9 Å². The molecule has 2 aromatic rings. The Bertz CT molecular complexity index is 796. The molecule has 2 aliphatic rings. The number of rotatable bonds is 2. The first kappa shape index (κ1) is 16.2. The number of aliphatic hydroxyl groups is 1. The quantitative estimate of drug-likeness (QED) is 0.716. The standard InChI is InChI=1S/C17H19N3O5/c18-13-6-11(19-17(22)20-13)10-7-23-12-8-24-16(25-15(12)14(10)21)9-4-2-1-3-5-9/h1-6,10,12,14-16,21H,7-8H2,(H3,18,19,20,22)/t10-,12+,14-,15+,16+/m1/s1. The number of benzene rings is 1. The number of nitrogens with zero attached hydrogens (tertiary/aromatic N) is 1. The minimum Gasteiger partial charge on any atom is -0.390 e. The summed E-state index contributed by atoms with van der Waals surface area (Å²) in [6.45, 7) is 0.549. The number of nitrogen functional groups attached to an aromatic ring is 1. The number of nitrogens with two attached hydrogens (primary N) is 1. The summed E-state index contributed by atoms with van der Waals surface area (Å²) in [6, 6.07) is 11.0. The van der Waals surface area contributed by atoms with Crippen LogP contribution in [0.3, 0.4) is 0 Å². The number of nitrogens with one attached hydrogen (secondary N) is 1. The number of aliphatic hydroxyl groups excluding tert-OH is 1. The van der Waals surface area contributed by atoms with Crippen molar-refractivity contribution < 1.29 is 19.3 Å². The van der Waals surface area contributed by atoms with E-state index < -0.39 is 30.1 Å². The van der Waals surface area contributed by atoms with Crippen LogP contribution in [-0.2, 0) is 14.2 Å². The first-order valence-electron chi connectivity index (χ1n) is 8.10. The zero-order chi connectivity index (χ0) is 17.4. The lowest BCUT2D eigenvalue weighted by Gasteiger charge is -2.44. The second kappa shape index (κ2) is 6.57. The van der Waals surface area contributed by atoms with Gasteiger partial charge in [-0.1, -0.05) is 30.3 Å². The van der Waals surface area contributed by atoms with Gasteiger partial charge in [-0.25, -0.2) is 4.79 Å². The zero-order valence-electron chi connectivity index (χ0n) is 13.4. The monoisotopic (exact) mass is 345 g/mol. The lowest BCUT2D eigenvalue weighted by molar-refractivity contribution is -0.302. The Morgan fingerprint density at radius 3 is 2.76 bits per heavy atom. The number of aromatic amines is 1. The smallest absolute Gasteiger partial charge is 0.347 e. The van der Waals surface area contributed by atoms with Gasteiger partial charge in [0.1, 0.15) is 18.0 Å². The molecule has 8 heteroatoms. The second-order valence-electron chi connectivity index (χ2n) is 6.21. The molecule has 2 fully saturated rings. The van der Waals surface area contributed by atoms with Crippen molar-refractivity contribution in [1.29, 1.82) is 0 Å². The van der Waals surface area contributed by atoms with Crippen LogP contribution in [0.2, 0.25) is 0 Å². The van der Waals surface area contributed by atoms with Gasteiger partial charge in [0.2, 0.25) is 0 Å². The summed E-state index contributed by atoms with van der Waals surface area (Å²) < 4.78 is 17.5. The van der Waals surface area contributed by atoms with Crippen LogP contribution in [0.5, 0.6) is 0 Å². The van der Waals surface area contributed by atoms with E-state index in [-0.39, 0.29) is 18.5 Å². The van der Waals surface area contributed by atoms with Gasteiger partial charge in [0.25, 0.3) is 0 Å². The highest BCUT2D eigenvalue weighted by atomic mass is 16.7. The van der Waals surface area contributed by atoms with E-state index in [2.05, 4.69) is 9.97 Å². The molecule has 0 bridgehead atoms. The van der Waals surface area contributed by atoms with E-state index in [1.807, 2.05) is 30.3 Å². The first-order chi connectivity index (χ1) is 12.1. The molecule has 0 aliphatic carbocycles. The molecule has 2 aliphatic heterocycles. The molecule has 132 valence electrons. The molecule has 0 radical (unpaired) electrons. The van der Waals surface area contributed by atoms with Gasteiger partial charge in [-0.2, -0.15) is 4.98 Å². The van der Waals surface area contributed by atoms with E-state index in [0.717, 1.165) is 5.56 Å². The van der Waals surface area contributed by atoms with Gasteiger partial charge in [-0.05, 0) is 0 Å². The summed E-state index contributed by atoms with van der Waals surface area (Å²) in [6.07, 6.45) is -2.37. The Kier molecular flexibility index (Phi) is 4.26. The van der Waals surface area contributed by atoms with E-state index >= 15 is 0 Å². The second-order valence-corrected chi connectivity index (χ2v) is 6.21. The lowest BCUT2D eigenvalue weighted by Crippen LogP contribution is -2.55. The molecular weight excluding hydrogens is 326 g/mol. The number of anilines is 1. The number of fused-ring (bicyclic) bond motifs is 1. The van der Waals surface area contributed by atoms with Gasteiger partial charge in [0.15, 0.2) is 6.29 Å². The topological polar surface area (TPSA) is 120 Å². The molecule has 2 saturated heterocycles. The van der Waals surface area contributed by atoms with Gasteiger partial charge < -0.3 is 30.0 Å². The predicted molar refractivity (Wildman–Crippen MR) is 87.8 cm³/mol. The maximum absolute atomic E-state index is 11.6.